The van der Waals surface area contributed by atoms with Gasteiger partial charge in [-0.2, -0.15) is 10.5 Å². The van der Waals surface area contributed by atoms with Gasteiger partial charge in [0.25, 0.3) is 5.56 Å². The van der Waals surface area contributed by atoms with Crippen molar-refractivity contribution in [1.29, 1.82) is 10.5 Å². The molecule has 3 rings (SSSR count). The van der Waals surface area contributed by atoms with Gasteiger partial charge in [-0.3, -0.25) is 4.79 Å². The maximum atomic E-state index is 12.4. The second-order valence-corrected chi connectivity index (χ2v) is 6.37. The van der Waals surface area contributed by atoms with Gasteiger partial charge >= 0.3 is 5.97 Å². The number of carbonyl (C=O) groups is 1. The lowest BCUT2D eigenvalue weighted by atomic mass is 9.96. The molecule has 0 saturated carbocycles. The van der Waals surface area contributed by atoms with Gasteiger partial charge in [-0.1, -0.05) is 29.8 Å². The van der Waals surface area contributed by atoms with Crippen molar-refractivity contribution in [3.63, 3.8) is 0 Å². The van der Waals surface area contributed by atoms with E-state index in [9.17, 15) is 20.1 Å². The van der Waals surface area contributed by atoms with Crippen molar-refractivity contribution in [2.45, 2.75) is 0 Å². The molecule has 0 aliphatic rings. The SMILES string of the molecule is COc1cc(-c2c(C#N)c(N)[nH]c(=O)c2C#N)cc(Cl)c1OC(=O)c1ccccc1. The first-order valence-corrected chi connectivity index (χ1v) is 8.80. The number of rotatable bonds is 4. The number of ether oxygens (including phenoxy) is 2. The number of hydrogen-bond donors (Lipinski definition) is 2. The Balaban J connectivity index is 2.17. The Hall–Kier alpha value is -4.27. The molecule has 3 N–H and O–H groups in total. The minimum atomic E-state index is -0.751. The number of benzene rings is 2. The van der Waals surface area contributed by atoms with Gasteiger partial charge in [0.2, 0.25) is 0 Å². The first-order valence-electron chi connectivity index (χ1n) is 8.42. The van der Waals surface area contributed by atoms with Gasteiger partial charge in [-0.25, -0.2) is 4.79 Å². The molecule has 0 bridgehead atoms. The van der Waals surface area contributed by atoms with Crippen LogP contribution in [0.4, 0.5) is 5.82 Å². The highest BCUT2D eigenvalue weighted by Crippen LogP contribution is 2.41. The highest BCUT2D eigenvalue weighted by molar-refractivity contribution is 6.32. The molecule has 0 amide bonds. The molecular weight excluding hydrogens is 408 g/mol. The molecule has 1 aromatic heterocycles. The van der Waals surface area contributed by atoms with Crippen LogP contribution in [-0.2, 0) is 0 Å². The number of nitrogens with two attached hydrogens (primary N) is 1. The zero-order valence-corrected chi connectivity index (χ0v) is 16.3. The summed E-state index contributed by atoms with van der Waals surface area (Å²) < 4.78 is 10.7. The number of halogens is 1. The van der Waals surface area contributed by atoms with Crippen LogP contribution in [0.15, 0.2) is 47.3 Å². The summed E-state index contributed by atoms with van der Waals surface area (Å²) >= 11 is 6.33. The van der Waals surface area contributed by atoms with Gasteiger partial charge in [-0.15, -0.1) is 0 Å². The van der Waals surface area contributed by atoms with Crippen LogP contribution in [0, 0.1) is 22.7 Å². The van der Waals surface area contributed by atoms with E-state index in [1.54, 1.807) is 36.4 Å². The van der Waals surface area contributed by atoms with Crippen LogP contribution in [0.25, 0.3) is 11.1 Å². The van der Waals surface area contributed by atoms with E-state index in [2.05, 4.69) is 4.98 Å². The molecule has 0 aliphatic heterocycles. The number of carbonyl (C=O) groups excluding carboxylic acids is 1. The van der Waals surface area contributed by atoms with Gasteiger partial charge in [0.05, 0.1) is 17.7 Å². The second-order valence-electron chi connectivity index (χ2n) is 5.96. The van der Waals surface area contributed by atoms with E-state index in [1.165, 1.54) is 19.2 Å². The van der Waals surface area contributed by atoms with Crippen LogP contribution in [0.5, 0.6) is 11.5 Å². The topological polar surface area (TPSA) is 142 Å². The Labute approximate surface area is 175 Å². The highest BCUT2D eigenvalue weighted by atomic mass is 35.5. The Morgan fingerprint density at radius 2 is 1.80 bits per heavy atom. The van der Waals surface area contributed by atoms with Gasteiger partial charge in [0.1, 0.15) is 29.1 Å². The number of methoxy groups -OCH3 is 1. The maximum Gasteiger partial charge on any atom is 0.343 e. The summed E-state index contributed by atoms with van der Waals surface area (Å²) in [5, 5.41) is 18.9. The zero-order valence-electron chi connectivity index (χ0n) is 15.5. The summed E-state index contributed by atoms with van der Waals surface area (Å²) in [7, 11) is 1.33. The van der Waals surface area contributed by atoms with Gasteiger partial charge in [0.15, 0.2) is 11.5 Å². The smallest absolute Gasteiger partial charge is 0.343 e. The molecule has 3 aromatic rings. The number of nitrogens with one attached hydrogen (secondary N) is 1. The number of esters is 1. The Morgan fingerprint density at radius 3 is 2.40 bits per heavy atom. The maximum absolute atomic E-state index is 12.4. The molecule has 0 saturated heterocycles. The van der Waals surface area contributed by atoms with Crippen LogP contribution in [-0.4, -0.2) is 18.1 Å². The molecule has 0 unspecified atom stereocenters. The van der Waals surface area contributed by atoms with Crippen molar-refractivity contribution < 1.29 is 14.3 Å². The van der Waals surface area contributed by atoms with Crippen molar-refractivity contribution >= 4 is 23.4 Å². The number of aromatic amines is 1. The summed E-state index contributed by atoms with van der Waals surface area (Å²) in [6.07, 6.45) is 0. The van der Waals surface area contributed by atoms with Crippen molar-refractivity contribution in [2.75, 3.05) is 12.8 Å². The number of nitrogen functional groups attached to an aromatic ring is 1. The molecule has 0 aliphatic carbocycles. The first kappa shape index (κ1) is 20.5. The molecule has 148 valence electrons. The zero-order chi connectivity index (χ0) is 21.8. The van der Waals surface area contributed by atoms with E-state index in [1.807, 2.05) is 6.07 Å². The number of nitrogens with zero attached hydrogens (tertiary/aromatic N) is 2. The van der Waals surface area contributed by atoms with Crippen LogP contribution >= 0.6 is 11.6 Å². The summed E-state index contributed by atoms with van der Waals surface area (Å²) in [4.78, 5) is 26.8. The standard InChI is InChI=1S/C21H13ClN4O4/c1-29-16-8-12(17-13(9-23)19(25)26-20(27)14(17)10-24)7-15(22)18(16)30-21(28)11-5-3-2-4-6-11/h2-8H,1H3,(H3,25,26,27). The molecule has 30 heavy (non-hydrogen) atoms. The molecule has 1 heterocycles. The molecule has 9 heteroatoms. The average molecular weight is 421 g/mol. The molecule has 0 atom stereocenters. The third-order valence-electron chi connectivity index (χ3n) is 4.19. The summed E-state index contributed by atoms with van der Waals surface area (Å²) in [6, 6.07) is 14.7. The van der Waals surface area contributed by atoms with Crippen molar-refractivity contribution in [1.82, 2.24) is 4.98 Å². The van der Waals surface area contributed by atoms with Gasteiger partial charge in [-0.05, 0) is 29.8 Å². The number of aromatic nitrogens is 1. The fraction of sp³-hybridized carbons (Fsp3) is 0.0476. The normalized spacial score (nSPS) is 10.0. The number of nitriles is 2. The molecule has 0 spiro atoms. The van der Waals surface area contributed by atoms with Crippen LogP contribution in [0.2, 0.25) is 5.02 Å². The Morgan fingerprint density at radius 1 is 1.13 bits per heavy atom. The van der Waals surface area contributed by atoms with E-state index in [4.69, 9.17) is 26.8 Å². The molecule has 0 fully saturated rings. The monoisotopic (exact) mass is 420 g/mol. The van der Waals surface area contributed by atoms with Crippen LogP contribution in [0.3, 0.4) is 0 Å². The van der Waals surface area contributed by atoms with Gasteiger partial charge < -0.3 is 20.2 Å². The Kier molecular flexibility index (Phi) is 5.73. The van der Waals surface area contributed by atoms with Gasteiger partial charge in [0, 0.05) is 5.56 Å². The first-order chi connectivity index (χ1) is 14.4. The molecule has 2 aromatic carbocycles. The summed E-state index contributed by atoms with van der Waals surface area (Å²) in [5.41, 5.74) is 5.11. The number of H-pyrrole nitrogens is 1. The largest absolute Gasteiger partial charge is 0.493 e. The molecular formula is C21H13ClN4O4. The second kappa shape index (κ2) is 8.39. The van der Waals surface area contributed by atoms with Crippen molar-refractivity contribution in [3.8, 4) is 34.8 Å². The third-order valence-corrected chi connectivity index (χ3v) is 4.47. The van der Waals surface area contributed by atoms with E-state index >= 15 is 0 Å². The Bertz CT molecular complexity index is 1290. The lowest BCUT2D eigenvalue weighted by Gasteiger charge is -2.15. The minimum Gasteiger partial charge on any atom is -0.493 e. The van der Waals surface area contributed by atoms with Crippen molar-refractivity contribution in [3.05, 3.63) is 74.5 Å². The van der Waals surface area contributed by atoms with Crippen LogP contribution < -0.4 is 20.8 Å². The third kappa shape index (κ3) is 3.68. The van der Waals surface area contributed by atoms with E-state index in [0.717, 1.165) is 0 Å². The van der Waals surface area contributed by atoms with Crippen LogP contribution in [0.1, 0.15) is 21.5 Å². The predicted molar refractivity (Wildman–Crippen MR) is 109 cm³/mol. The summed E-state index contributed by atoms with van der Waals surface area (Å²) in [5.74, 6) is -0.828. The highest BCUT2D eigenvalue weighted by Gasteiger charge is 2.23. The quantitative estimate of drug-likeness (QED) is 0.487. The lowest BCUT2D eigenvalue weighted by molar-refractivity contribution is 0.0730. The number of anilines is 1. The number of pyridine rings is 1. The minimum absolute atomic E-state index is 0.00221. The van der Waals surface area contributed by atoms with E-state index in [-0.39, 0.29) is 44.6 Å². The van der Waals surface area contributed by atoms with Crippen molar-refractivity contribution in [2.24, 2.45) is 0 Å². The lowest BCUT2D eigenvalue weighted by Crippen LogP contribution is -2.16. The van der Waals surface area contributed by atoms with E-state index < -0.39 is 11.5 Å². The summed E-state index contributed by atoms with van der Waals surface area (Å²) in [6.45, 7) is 0. The fourth-order valence-corrected chi connectivity index (χ4v) is 3.07. The molecule has 0 radical (unpaired) electrons. The average Bonchev–Trinajstić information content (AvgIpc) is 2.75. The predicted octanol–water partition coefficient (Wildman–Crippen LogP) is 3.25. The van der Waals surface area contributed by atoms with E-state index in [0.29, 0.717) is 5.56 Å². The fourth-order valence-electron chi connectivity index (χ4n) is 2.82. The molecule has 8 nitrogen and oxygen atoms in total. The number of hydrogen-bond acceptors (Lipinski definition) is 7.